The smallest absolute Gasteiger partial charge is 0.244 e. The Balaban J connectivity index is 0.00000242. The van der Waals surface area contributed by atoms with Crippen molar-refractivity contribution in [3.8, 4) is 0 Å². The van der Waals surface area contributed by atoms with Crippen LogP contribution in [0.5, 0.6) is 0 Å². The summed E-state index contributed by atoms with van der Waals surface area (Å²) in [6.07, 6.45) is 1.06. The lowest BCUT2D eigenvalue weighted by Crippen LogP contribution is -2.52. The Labute approximate surface area is 138 Å². The Hall–Kier alpha value is -1.14. The van der Waals surface area contributed by atoms with Gasteiger partial charge in [-0.2, -0.15) is 0 Å². The van der Waals surface area contributed by atoms with E-state index in [-0.39, 0.29) is 30.5 Å². The van der Waals surface area contributed by atoms with E-state index in [1.165, 1.54) is 0 Å². The molecule has 0 aromatic heterocycles. The molecule has 3 atom stereocenters. The number of hydrogen-bond acceptors (Lipinski definition) is 4. The highest BCUT2D eigenvalue weighted by Crippen LogP contribution is 2.17. The third-order valence-electron chi connectivity index (χ3n) is 3.69. The van der Waals surface area contributed by atoms with Crippen molar-refractivity contribution in [1.29, 1.82) is 0 Å². The Morgan fingerprint density at radius 2 is 2.18 bits per heavy atom. The number of halogens is 1. The van der Waals surface area contributed by atoms with Gasteiger partial charge in [0.1, 0.15) is 5.54 Å². The predicted molar refractivity (Wildman–Crippen MR) is 88.0 cm³/mol. The van der Waals surface area contributed by atoms with Gasteiger partial charge in [-0.15, -0.1) is 12.4 Å². The van der Waals surface area contributed by atoms with E-state index in [1.807, 2.05) is 37.3 Å². The Kier molecular flexibility index (Phi) is 7.29. The van der Waals surface area contributed by atoms with Crippen LogP contribution in [-0.4, -0.2) is 37.9 Å². The SMILES string of the molecule is CC(COC1CCOC1)NC(=O)C(C)(N)c1ccccc1.Cl. The van der Waals surface area contributed by atoms with Crippen LogP contribution in [0.25, 0.3) is 0 Å². The van der Waals surface area contributed by atoms with Crippen molar-refractivity contribution in [1.82, 2.24) is 5.32 Å². The van der Waals surface area contributed by atoms with E-state index in [1.54, 1.807) is 6.92 Å². The van der Waals surface area contributed by atoms with E-state index in [0.717, 1.165) is 18.6 Å². The molecule has 1 aliphatic rings. The molecule has 5 nitrogen and oxygen atoms in total. The normalized spacial score (nSPS) is 21.5. The fourth-order valence-corrected chi connectivity index (χ4v) is 2.26. The van der Waals surface area contributed by atoms with Crippen molar-refractivity contribution in [2.75, 3.05) is 19.8 Å². The van der Waals surface area contributed by atoms with Gasteiger partial charge in [0.15, 0.2) is 0 Å². The summed E-state index contributed by atoms with van der Waals surface area (Å²) in [6.45, 7) is 5.48. The number of nitrogens with one attached hydrogen (secondary N) is 1. The minimum Gasteiger partial charge on any atom is -0.379 e. The zero-order chi connectivity index (χ0) is 15.3. The molecule has 1 saturated heterocycles. The van der Waals surface area contributed by atoms with Crippen LogP contribution in [0, 0.1) is 0 Å². The fourth-order valence-electron chi connectivity index (χ4n) is 2.26. The summed E-state index contributed by atoms with van der Waals surface area (Å²) in [5.74, 6) is -0.201. The van der Waals surface area contributed by atoms with E-state index >= 15 is 0 Å². The van der Waals surface area contributed by atoms with Gasteiger partial charge in [0.2, 0.25) is 5.91 Å². The summed E-state index contributed by atoms with van der Waals surface area (Å²) in [6, 6.07) is 9.27. The number of carbonyl (C=O) groups excluding carboxylic acids is 1. The van der Waals surface area contributed by atoms with E-state index in [4.69, 9.17) is 15.2 Å². The molecule has 3 N–H and O–H groups in total. The van der Waals surface area contributed by atoms with Gasteiger partial charge in [0, 0.05) is 12.6 Å². The van der Waals surface area contributed by atoms with Gasteiger partial charge < -0.3 is 20.5 Å². The second-order valence-electron chi connectivity index (χ2n) is 5.76. The molecule has 1 fully saturated rings. The van der Waals surface area contributed by atoms with Crippen LogP contribution in [0.2, 0.25) is 0 Å². The number of benzene rings is 1. The summed E-state index contributed by atoms with van der Waals surface area (Å²) in [7, 11) is 0. The predicted octanol–water partition coefficient (Wildman–Crippen LogP) is 1.59. The zero-order valence-corrected chi connectivity index (χ0v) is 13.9. The van der Waals surface area contributed by atoms with E-state index in [0.29, 0.717) is 13.2 Å². The Morgan fingerprint density at radius 3 is 2.77 bits per heavy atom. The highest BCUT2D eigenvalue weighted by molar-refractivity contribution is 5.87. The molecule has 0 aliphatic carbocycles. The lowest BCUT2D eigenvalue weighted by atomic mass is 9.92. The molecular weight excluding hydrogens is 304 g/mol. The summed E-state index contributed by atoms with van der Waals surface area (Å²) in [5.41, 5.74) is 5.92. The Bertz CT molecular complexity index is 462. The minimum atomic E-state index is -1.05. The van der Waals surface area contributed by atoms with E-state index < -0.39 is 5.54 Å². The van der Waals surface area contributed by atoms with Crippen LogP contribution in [0.4, 0.5) is 0 Å². The van der Waals surface area contributed by atoms with Crippen LogP contribution in [0.1, 0.15) is 25.8 Å². The van der Waals surface area contributed by atoms with Crippen molar-refractivity contribution in [2.45, 2.75) is 38.0 Å². The second-order valence-corrected chi connectivity index (χ2v) is 5.76. The lowest BCUT2D eigenvalue weighted by Gasteiger charge is -2.26. The van der Waals surface area contributed by atoms with E-state index in [2.05, 4.69) is 5.32 Å². The van der Waals surface area contributed by atoms with Gasteiger partial charge in [-0.3, -0.25) is 4.79 Å². The van der Waals surface area contributed by atoms with Crippen LogP contribution in [0.3, 0.4) is 0 Å². The van der Waals surface area contributed by atoms with Crippen molar-refractivity contribution in [3.05, 3.63) is 35.9 Å². The van der Waals surface area contributed by atoms with Gasteiger partial charge in [0.25, 0.3) is 0 Å². The number of nitrogens with two attached hydrogens (primary N) is 1. The quantitative estimate of drug-likeness (QED) is 0.831. The fraction of sp³-hybridized carbons (Fsp3) is 0.562. The summed E-state index contributed by atoms with van der Waals surface area (Å²) in [4.78, 5) is 12.4. The Morgan fingerprint density at radius 1 is 1.50 bits per heavy atom. The number of hydrogen-bond donors (Lipinski definition) is 2. The maximum Gasteiger partial charge on any atom is 0.244 e. The highest BCUT2D eigenvalue weighted by atomic mass is 35.5. The van der Waals surface area contributed by atoms with Crippen molar-refractivity contribution in [3.63, 3.8) is 0 Å². The summed E-state index contributed by atoms with van der Waals surface area (Å²) in [5, 5.41) is 2.91. The first-order chi connectivity index (χ1) is 10.00. The minimum absolute atomic E-state index is 0. The molecule has 1 aromatic rings. The van der Waals surface area contributed by atoms with Gasteiger partial charge >= 0.3 is 0 Å². The maximum absolute atomic E-state index is 12.4. The molecule has 124 valence electrons. The van der Waals surface area contributed by atoms with E-state index in [9.17, 15) is 4.79 Å². The average molecular weight is 329 g/mol. The van der Waals surface area contributed by atoms with Crippen LogP contribution in [0.15, 0.2) is 30.3 Å². The third-order valence-corrected chi connectivity index (χ3v) is 3.69. The highest BCUT2D eigenvalue weighted by Gasteiger charge is 2.31. The second kappa shape index (κ2) is 8.48. The van der Waals surface area contributed by atoms with Crippen LogP contribution < -0.4 is 11.1 Å². The van der Waals surface area contributed by atoms with Crippen molar-refractivity contribution >= 4 is 18.3 Å². The maximum atomic E-state index is 12.4. The monoisotopic (exact) mass is 328 g/mol. The number of ether oxygens (including phenoxy) is 2. The molecular formula is C16H25ClN2O3. The molecule has 3 unspecified atom stereocenters. The molecule has 1 amide bonds. The van der Waals surface area contributed by atoms with Gasteiger partial charge in [-0.25, -0.2) is 0 Å². The van der Waals surface area contributed by atoms with Crippen LogP contribution >= 0.6 is 12.4 Å². The summed E-state index contributed by atoms with van der Waals surface area (Å²) >= 11 is 0. The summed E-state index contributed by atoms with van der Waals surface area (Å²) < 4.78 is 11.0. The molecule has 0 spiro atoms. The van der Waals surface area contributed by atoms with Gasteiger partial charge in [0.05, 0.1) is 19.3 Å². The number of carbonyl (C=O) groups is 1. The first kappa shape index (κ1) is 18.9. The average Bonchev–Trinajstić information content (AvgIpc) is 2.99. The molecule has 0 bridgehead atoms. The molecule has 1 aliphatic heterocycles. The largest absolute Gasteiger partial charge is 0.379 e. The molecule has 0 saturated carbocycles. The molecule has 6 heteroatoms. The third kappa shape index (κ3) is 4.95. The first-order valence-electron chi connectivity index (χ1n) is 7.35. The lowest BCUT2D eigenvalue weighted by molar-refractivity contribution is -0.127. The standard InChI is InChI=1S/C16H24N2O3.ClH/c1-12(10-21-14-8-9-20-11-14)18-15(19)16(2,17)13-6-4-3-5-7-13;/h3-7,12,14H,8-11,17H2,1-2H3,(H,18,19);1H. The molecule has 22 heavy (non-hydrogen) atoms. The molecule has 2 rings (SSSR count). The molecule has 0 radical (unpaired) electrons. The number of rotatable bonds is 6. The molecule has 1 aromatic carbocycles. The van der Waals surface area contributed by atoms with Gasteiger partial charge in [-0.05, 0) is 25.8 Å². The van der Waals surface area contributed by atoms with Gasteiger partial charge in [-0.1, -0.05) is 30.3 Å². The zero-order valence-electron chi connectivity index (χ0n) is 13.1. The van der Waals surface area contributed by atoms with Crippen molar-refractivity contribution < 1.29 is 14.3 Å². The topological polar surface area (TPSA) is 73.6 Å². The van der Waals surface area contributed by atoms with Crippen LogP contribution in [-0.2, 0) is 19.8 Å². The first-order valence-corrected chi connectivity index (χ1v) is 7.35. The molecule has 1 heterocycles. The number of amides is 1. The van der Waals surface area contributed by atoms with Crippen molar-refractivity contribution in [2.24, 2.45) is 5.73 Å².